The van der Waals surface area contributed by atoms with Crippen LogP contribution >= 0.6 is 15.9 Å². The molecule has 1 aromatic rings. The first kappa shape index (κ1) is 18.7. The van der Waals surface area contributed by atoms with Gasteiger partial charge in [0.25, 0.3) is 0 Å². The van der Waals surface area contributed by atoms with Crippen LogP contribution in [0, 0.1) is 0 Å². The van der Waals surface area contributed by atoms with Crippen LogP contribution in [0.4, 0.5) is 0 Å². The minimum atomic E-state index is 0.436. The highest BCUT2D eigenvalue weighted by atomic mass is 79.9. The van der Waals surface area contributed by atoms with Crippen molar-refractivity contribution in [2.45, 2.75) is 58.5 Å². The van der Waals surface area contributed by atoms with Crippen LogP contribution in [-0.2, 0) is 0 Å². The van der Waals surface area contributed by atoms with Gasteiger partial charge in [-0.15, -0.1) is 0 Å². The maximum atomic E-state index is 3.51. The molecule has 120 valence electrons. The second-order valence-corrected chi connectivity index (χ2v) is 6.74. The second kappa shape index (κ2) is 10.4. The number of nitrogens with zero attached hydrogens (tertiary/aromatic N) is 1. The molecule has 0 bridgehead atoms. The lowest BCUT2D eigenvalue weighted by molar-refractivity contribution is 0.191. The molecule has 2 atom stereocenters. The molecule has 0 radical (unpaired) electrons. The van der Waals surface area contributed by atoms with E-state index in [0.717, 1.165) is 17.4 Å². The zero-order valence-corrected chi connectivity index (χ0v) is 15.6. The summed E-state index contributed by atoms with van der Waals surface area (Å²) in [6.07, 6.45) is 4.96. The van der Waals surface area contributed by atoms with E-state index in [1.165, 1.54) is 31.4 Å². The Bertz CT molecular complexity index is 377. The Morgan fingerprint density at radius 2 is 1.81 bits per heavy atom. The van der Waals surface area contributed by atoms with Gasteiger partial charge in [-0.3, -0.25) is 0 Å². The predicted octanol–water partition coefficient (Wildman–Crippen LogP) is 5.00. The van der Waals surface area contributed by atoms with Gasteiger partial charge in [-0.05, 0) is 57.5 Å². The number of hydrogen-bond acceptors (Lipinski definition) is 2. The topological polar surface area (TPSA) is 15.3 Å². The highest BCUT2D eigenvalue weighted by Crippen LogP contribution is 2.20. The molecule has 0 aliphatic heterocycles. The Kier molecular flexibility index (Phi) is 9.21. The van der Waals surface area contributed by atoms with Crippen molar-refractivity contribution in [2.24, 2.45) is 0 Å². The van der Waals surface area contributed by atoms with Gasteiger partial charge in [-0.1, -0.05) is 48.3 Å². The van der Waals surface area contributed by atoms with Crippen LogP contribution in [0.5, 0.6) is 0 Å². The summed E-state index contributed by atoms with van der Waals surface area (Å²) in [6, 6.07) is 9.80. The summed E-state index contributed by atoms with van der Waals surface area (Å²) in [7, 11) is 2.06. The van der Waals surface area contributed by atoms with Crippen molar-refractivity contribution in [2.75, 3.05) is 20.1 Å². The van der Waals surface area contributed by atoms with E-state index in [-0.39, 0.29) is 0 Å². The first-order valence-corrected chi connectivity index (χ1v) is 9.08. The van der Waals surface area contributed by atoms with E-state index in [1.807, 2.05) is 0 Å². The summed E-state index contributed by atoms with van der Waals surface area (Å²) in [5.41, 5.74) is 1.38. The fourth-order valence-corrected chi connectivity index (χ4v) is 2.90. The maximum absolute atomic E-state index is 3.51. The van der Waals surface area contributed by atoms with Crippen molar-refractivity contribution in [3.05, 3.63) is 34.3 Å². The molecule has 2 unspecified atom stereocenters. The second-order valence-electron chi connectivity index (χ2n) is 5.83. The molecule has 21 heavy (non-hydrogen) atoms. The third-order valence-electron chi connectivity index (χ3n) is 4.34. The highest BCUT2D eigenvalue weighted by Gasteiger charge is 2.15. The molecule has 3 heteroatoms. The third-order valence-corrected chi connectivity index (χ3v) is 4.87. The van der Waals surface area contributed by atoms with Gasteiger partial charge in [0, 0.05) is 23.1 Å². The van der Waals surface area contributed by atoms with Crippen LogP contribution in [0.15, 0.2) is 28.7 Å². The zero-order chi connectivity index (χ0) is 15.7. The lowest BCUT2D eigenvalue weighted by atomic mass is 10.0. The average Bonchev–Trinajstić information content (AvgIpc) is 2.51. The molecule has 0 aliphatic rings. The van der Waals surface area contributed by atoms with Crippen LogP contribution < -0.4 is 5.32 Å². The van der Waals surface area contributed by atoms with Crippen LogP contribution in [0.25, 0.3) is 0 Å². The molecule has 2 nitrogen and oxygen atoms in total. The van der Waals surface area contributed by atoms with E-state index in [9.17, 15) is 0 Å². The zero-order valence-electron chi connectivity index (χ0n) is 14.0. The Balaban J connectivity index is 2.60. The van der Waals surface area contributed by atoms with Crippen molar-refractivity contribution in [1.29, 1.82) is 0 Å². The summed E-state index contributed by atoms with van der Waals surface area (Å²) < 4.78 is 1.14. The van der Waals surface area contributed by atoms with Crippen molar-refractivity contribution in [3.63, 3.8) is 0 Å². The van der Waals surface area contributed by atoms with E-state index in [2.05, 4.69) is 78.2 Å². The SMILES string of the molecule is CCCCN(CCC(NC)c1ccc(Br)cc1)C(C)CC. The Labute approximate surface area is 139 Å². The molecule has 1 rings (SSSR count). The predicted molar refractivity (Wildman–Crippen MR) is 96.8 cm³/mol. The quantitative estimate of drug-likeness (QED) is 0.635. The van der Waals surface area contributed by atoms with Crippen LogP contribution in [0.3, 0.4) is 0 Å². The number of nitrogens with one attached hydrogen (secondary N) is 1. The van der Waals surface area contributed by atoms with E-state index >= 15 is 0 Å². The summed E-state index contributed by atoms with van der Waals surface area (Å²) in [4.78, 5) is 2.65. The fourth-order valence-electron chi connectivity index (χ4n) is 2.64. The Morgan fingerprint density at radius 3 is 2.33 bits per heavy atom. The Morgan fingerprint density at radius 1 is 1.14 bits per heavy atom. The summed E-state index contributed by atoms with van der Waals surface area (Å²) in [5.74, 6) is 0. The molecular formula is C18H31BrN2. The molecule has 0 amide bonds. The number of hydrogen-bond donors (Lipinski definition) is 1. The van der Waals surface area contributed by atoms with Gasteiger partial charge in [0.15, 0.2) is 0 Å². The van der Waals surface area contributed by atoms with Gasteiger partial charge >= 0.3 is 0 Å². The fraction of sp³-hybridized carbons (Fsp3) is 0.667. The van der Waals surface area contributed by atoms with Gasteiger partial charge < -0.3 is 10.2 Å². The first-order valence-electron chi connectivity index (χ1n) is 8.29. The lowest BCUT2D eigenvalue weighted by Crippen LogP contribution is -2.36. The molecule has 0 spiro atoms. The molecule has 0 fully saturated rings. The highest BCUT2D eigenvalue weighted by molar-refractivity contribution is 9.10. The van der Waals surface area contributed by atoms with Crippen molar-refractivity contribution in [3.8, 4) is 0 Å². The van der Waals surface area contributed by atoms with E-state index < -0.39 is 0 Å². The molecule has 0 heterocycles. The summed E-state index contributed by atoms with van der Waals surface area (Å²) >= 11 is 3.51. The van der Waals surface area contributed by atoms with Crippen LogP contribution in [0.2, 0.25) is 0 Å². The number of benzene rings is 1. The van der Waals surface area contributed by atoms with Crippen LogP contribution in [-0.4, -0.2) is 31.1 Å². The summed E-state index contributed by atoms with van der Waals surface area (Å²) in [6.45, 7) is 9.30. The number of halogens is 1. The van der Waals surface area contributed by atoms with Crippen molar-refractivity contribution < 1.29 is 0 Å². The molecular weight excluding hydrogens is 324 g/mol. The smallest absolute Gasteiger partial charge is 0.0329 e. The monoisotopic (exact) mass is 354 g/mol. The van der Waals surface area contributed by atoms with Crippen LogP contribution in [0.1, 0.15) is 58.1 Å². The lowest BCUT2D eigenvalue weighted by Gasteiger charge is -2.30. The minimum absolute atomic E-state index is 0.436. The Hall–Kier alpha value is -0.380. The standard InChI is InChI=1S/C18H31BrN2/c1-5-7-13-21(15(3)6-2)14-12-18(20-4)16-8-10-17(19)11-9-16/h8-11,15,18,20H,5-7,12-14H2,1-4H3. The molecule has 1 N–H and O–H groups in total. The molecule has 1 aromatic carbocycles. The van der Waals surface area contributed by atoms with Gasteiger partial charge in [0.1, 0.15) is 0 Å². The number of unbranched alkanes of at least 4 members (excludes halogenated alkanes) is 1. The van der Waals surface area contributed by atoms with Gasteiger partial charge in [0.05, 0.1) is 0 Å². The molecule has 0 aliphatic carbocycles. The van der Waals surface area contributed by atoms with Crippen molar-refractivity contribution >= 4 is 15.9 Å². The molecule has 0 aromatic heterocycles. The largest absolute Gasteiger partial charge is 0.313 e. The van der Waals surface area contributed by atoms with E-state index in [0.29, 0.717) is 12.1 Å². The average molecular weight is 355 g/mol. The van der Waals surface area contributed by atoms with Gasteiger partial charge in [-0.2, -0.15) is 0 Å². The molecule has 0 saturated carbocycles. The third kappa shape index (κ3) is 6.50. The maximum Gasteiger partial charge on any atom is 0.0329 e. The van der Waals surface area contributed by atoms with Crippen molar-refractivity contribution in [1.82, 2.24) is 10.2 Å². The van der Waals surface area contributed by atoms with Gasteiger partial charge in [0.2, 0.25) is 0 Å². The van der Waals surface area contributed by atoms with E-state index in [1.54, 1.807) is 0 Å². The summed E-state index contributed by atoms with van der Waals surface area (Å²) in [5, 5.41) is 3.46. The molecule has 0 saturated heterocycles. The first-order chi connectivity index (χ1) is 10.1. The minimum Gasteiger partial charge on any atom is -0.313 e. The van der Waals surface area contributed by atoms with E-state index in [4.69, 9.17) is 0 Å². The van der Waals surface area contributed by atoms with Gasteiger partial charge in [-0.25, -0.2) is 0 Å². The number of rotatable bonds is 10. The normalized spacial score (nSPS) is 14.4.